The number of carbonyl (C=O) groups excluding carboxylic acids is 1. The van der Waals surface area contributed by atoms with Crippen LogP contribution >= 0.6 is 0 Å². The highest BCUT2D eigenvalue weighted by molar-refractivity contribution is 6.10. The van der Waals surface area contributed by atoms with Gasteiger partial charge < -0.3 is 15.3 Å². The van der Waals surface area contributed by atoms with Gasteiger partial charge in [-0.2, -0.15) is 0 Å². The zero-order valence-corrected chi connectivity index (χ0v) is 17.0. The van der Waals surface area contributed by atoms with E-state index in [9.17, 15) is 4.79 Å². The standard InChI is InChI=1S/C20H23N7O3/c1-20(2,30-19(21)28)12-15-10-7-11-16(22-15)13-29-24-17(14-8-5-4-6-9-14)18-23-25-26-27(18)3/h4-11H,12-13H2,1-3H3,(H2,21,28). The van der Waals surface area contributed by atoms with Crippen molar-refractivity contribution in [3.63, 3.8) is 0 Å². The lowest BCUT2D eigenvalue weighted by Crippen LogP contribution is -2.33. The monoisotopic (exact) mass is 409 g/mol. The van der Waals surface area contributed by atoms with Gasteiger partial charge in [0.2, 0.25) is 5.82 Å². The van der Waals surface area contributed by atoms with Gasteiger partial charge in [-0.1, -0.05) is 41.6 Å². The molecule has 0 aliphatic carbocycles. The Labute approximate surface area is 173 Å². The number of benzene rings is 1. The van der Waals surface area contributed by atoms with E-state index in [2.05, 4.69) is 25.7 Å². The molecule has 0 unspecified atom stereocenters. The molecule has 1 amide bonds. The number of hydrogen-bond acceptors (Lipinski definition) is 8. The number of nitrogens with two attached hydrogens (primary N) is 1. The molecule has 0 radical (unpaired) electrons. The fourth-order valence-corrected chi connectivity index (χ4v) is 2.86. The summed E-state index contributed by atoms with van der Waals surface area (Å²) in [4.78, 5) is 21.2. The van der Waals surface area contributed by atoms with Gasteiger partial charge in [-0.15, -0.1) is 5.10 Å². The molecule has 2 heterocycles. The van der Waals surface area contributed by atoms with E-state index in [-0.39, 0.29) is 6.61 Å². The summed E-state index contributed by atoms with van der Waals surface area (Å²) >= 11 is 0. The van der Waals surface area contributed by atoms with Gasteiger partial charge >= 0.3 is 6.09 Å². The maximum atomic E-state index is 11.0. The van der Waals surface area contributed by atoms with Crippen molar-refractivity contribution in [3.8, 4) is 0 Å². The molecule has 0 spiro atoms. The molecule has 156 valence electrons. The van der Waals surface area contributed by atoms with Gasteiger partial charge in [0, 0.05) is 24.7 Å². The Morgan fingerprint density at radius 1 is 1.13 bits per heavy atom. The van der Waals surface area contributed by atoms with Crippen LogP contribution < -0.4 is 5.73 Å². The molecule has 3 aromatic rings. The van der Waals surface area contributed by atoms with Gasteiger partial charge in [-0.3, -0.25) is 4.98 Å². The maximum Gasteiger partial charge on any atom is 0.405 e. The highest BCUT2D eigenvalue weighted by Gasteiger charge is 2.23. The minimum Gasteiger partial charge on any atom is -0.443 e. The van der Waals surface area contributed by atoms with Gasteiger partial charge in [-0.25, -0.2) is 9.48 Å². The molecule has 1 aromatic carbocycles. The van der Waals surface area contributed by atoms with Crippen molar-refractivity contribution < 1.29 is 14.4 Å². The number of carbonyl (C=O) groups is 1. The van der Waals surface area contributed by atoms with Crippen LogP contribution in [-0.2, 0) is 29.6 Å². The third-order valence-corrected chi connectivity index (χ3v) is 4.10. The summed E-state index contributed by atoms with van der Waals surface area (Å²) in [5.74, 6) is 0.480. The van der Waals surface area contributed by atoms with E-state index in [1.807, 2.05) is 48.5 Å². The van der Waals surface area contributed by atoms with Crippen LogP contribution in [0.3, 0.4) is 0 Å². The Bertz CT molecular complexity index is 1030. The third kappa shape index (κ3) is 5.60. The molecule has 30 heavy (non-hydrogen) atoms. The first-order chi connectivity index (χ1) is 14.3. The van der Waals surface area contributed by atoms with Crippen molar-refractivity contribution in [2.24, 2.45) is 17.9 Å². The van der Waals surface area contributed by atoms with Gasteiger partial charge in [0.1, 0.15) is 5.60 Å². The number of aromatic nitrogens is 5. The summed E-state index contributed by atoms with van der Waals surface area (Å²) in [6.45, 7) is 3.69. The number of pyridine rings is 1. The molecule has 0 saturated heterocycles. The van der Waals surface area contributed by atoms with Crippen molar-refractivity contribution in [1.82, 2.24) is 25.2 Å². The number of oxime groups is 1. The van der Waals surface area contributed by atoms with Gasteiger partial charge in [0.25, 0.3) is 0 Å². The number of aryl methyl sites for hydroxylation is 1. The lowest BCUT2D eigenvalue weighted by Gasteiger charge is -2.23. The highest BCUT2D eigenvalue weighted by atomic mass is 16.6. The average molecular weight is 409 g/mol. The molecule has 3 rings (SSSR count). The summed E-state index contributed by atoms with van der Waals surface area (Å²) in [6.07, 6.45) is -0.409. The molecule has 0 aliphatic rings. The van der Waals surface area contributed by atoms with Crippen molar-refractivity contribution in [3.05, 3.63) is 71.3 Å². The van der Waals surface area contributed by atoms with E-state index in [0.717, 1.165) is 11.3 Å². The smallest absolute Gasteiger partial charge is 0.405 e. The molecule has 0 atom stereocenters. The van der Waals surface area contributed by atoms with Crippen LogP contribution in [0.15, 0.2) is 53.7 Å². The summed E-state index contributed by atoms with van der Waals surface area (Å²) in [6, 6.07) is 15.0. The highest BCUT2D eigenvalue weighted by Crippen LogP contribution is 2.16. The Morgan fingerprint density at radius 2 is 1.87 bits per heavy atom. The topological polar surface area (TPSA) is 130 Å². The van der Waals surface area contributed by atoms with Gasteiger partial charge in [0.15, 0.2) is 12.3 Å². The minimum absolute atomic E-state index is 0.145. The van der Waals surface area contributed by atoms with E-state index in [1.54, 1.807) is 20.9 Å². The van der Waals surface area contributed by atoms with Crippen LogP contribution in [0, 0.1) is 0 Å². The van der Waals surface area contributed by atoms with Crippen LogP contribution in [0.2, 0.25) is 0 Å². The number of amides is 1. The number of ether oxygens (including phenoxy) is 1. The van der Waals surface area contributed by atoms with Gasteiger partial charge in [-0.05, 0) is 36.4 Å². The number of hydrogen-bond donors (Lipinski definition) is 1. The van der Waals surface area contributed by atoms with Crippen LogP contribution in [-0.4, -0.2) is 42.6 Å². The Hall–Kier alpha value is -3.82. The van der Waals surface area contributed by atoms with E-state index >= 15 is 0 Å². The average Bonchev–Trinajstić information content (AvgIpc) is 3.10. The van der Waals surface area contributed by atoms with Crippen molar-refractivity contribution >= 4 is 11.8 Å². The number of nitrogens with zero attached hydrogens (tertiary/aromatic N) is 6. The maximum absolute atomic E-state index is 11.0. The second-order valence-corrected chi connectivity index (χ2v) is 7.18. The van der Waals surface area contributed by atoms with Crippen molar-refractivity contribution in [1.29, 1.82) is 0 Å². The normalized spacial score (nSPS) is 11.9. The molecule has 2 N–H and O–H groups in total. The number of primary amides is 1. The minimum atomic E-state index is -0.819. The number of tetrazole rings is 1. The lowest BCUT2D eigenvalue weighted by atomic mass is 10.0. The van der Waals surface area contributed by atoms with Gasteiger partial charge in [0.05, 0.1) is 5.69 Å². The summed E-state index contributed by atoms with van der Waals surface area (Å²) in [5, 5.41) is 15.8. The summed E-state index contributed by atoms with van der Waals surface area (Å²) in [7, 11) is 1.73. The first-order valence-corrected chi connectivity index (χ1v) is 9.25. The van der Waals surface area contributed by atoms with Crippen LogP contribution in [0.5, 0.6) is 0 Å². The van der Waals surface area contributed by atoms with E-state index < -0.39 is 11.7 Å². The quantitative estimate of drug-likeness (QED) is 0.445. The molecule has 10 nitrogen and oxygen atoms in total. The van der Waals surface area contributed by atoms with E-state index in [1.165, 1.54) is 4.68 Å². The van der Waals surface area contributed by atoms with E-state index in [4.69, 9.17) is 15.3 Å². The second kappa shape index (κ2) is 9.12. The van der Waals surface area contributed by atoms with Crippen LogP contribution in [0.25, 0.3) is 0 Å². The summed E-state index contributed by atoms with van der Waals surface area (Å²) < 4.78 is 6.64. The van der Waals surface area contributed by atoms with E-state index in [0.29, 0.717) is 23.7 Å². The predicted octanol–water partition coefficient (Wildman–Crippen LogP) is 1.99. The molecule has 0 fully saturated rings. The fraction of sp³-hybridized carbons (Fsp3) is 0.300. The SMILES string of the molecule is Cn1nnnc1C(=NOCc1cccc(CC(C)(C)OC(N)=O)n1)c1ccccc1. The number of rotatable bonds is 8. The Balaban J connectivity index is 1.74. The molecule has 0 aliphatic heterocycles. The molecular formula is C20H23N7O3. The van der Waals surface area contributed by atoms with Crippen molar-refractivity contribution in [2.45, 2.75) is 32.5 Å². The zero-order chi connectivity index (χ0) is 21.6. The molecular weight excluding hydrogens is 386 g/mol. The third-order valence-electron chi connectivity index (χ3n) is 4.10. The Kier molecular flexibility index (Phi) is 6.35. The molecule has 10 heteroatoms. The fourth-order valence-electron chi connectivity index (χ4n) is 2.86. The van der Waals surface area contributed by atoms with Crippen molar-refractivity contribution in [2.75, 3.05) is 0 Å². The summed E-state index contributed by atoms with van der Waals surface area (Å²) in [5.41, 5.74) is 7.10. The largest absolute Gasteiger partial charge is 0.443 e. The first kappa shape index (κ1) is 20.9. The molecule has 0 saturated carbocycles. The zero-order valence-electron chi connectivity index (χ0n) is 17.0. The predicted molar refractivity (Wildman–Crippen MR) is 108 cm³/mol. The van der Waals surface area contributed by atoms with Crippen LogP contribution in [0.1, 0.15) is 36.6 Å². The second-order valence-electron chi connectivity index (χ2n) is 7.18. The Morgan fingerprint density at radius 3 is 2.53 bits per heavy atom. The first-order valence-electron chi connectivity index (χ1n) is 9.25. The lowest BCUT2D eigenvalue weighted by molar-refractivity contribution is 0.0452. The molecule has 0 bridgehead atoms. The molecule has 2 aromatic heterocycles. The van der Waals surface area contributed by atoms with Crippen LogP contribution in [0.4, 0.5) is 4.79 Å².